The standard InChI is InChI=1S/C18H20FN5O2S/c1-12-18(13(2)23-22-12)27(25,26)24-16-7-8-17(21-11-16)20-10-9-14-3-5-15(19)6-4-14/h3-8,11,24H,9-10H2,1-2H3,(H,20,21)(H,22,23). The molecule has 27 heavy (non-hydrogen) atoms. The Morgan fingerprint density at radius 3 is 2.44 bits per heavy atom. The summed E-state index contributed by atoms with van der Waals surface area (Å²) >= 11 is 0. The molecule has 0 saturated heterocycles. The maximum Gasteiger partial charge on any atom is 0.265 e. The SMILES string of the molecule is Cc1n[nH]c(C)c1S(=O)(=O)Nc1ccc(NCCc2ccc(F)cc2)nc1. The van der Waals surface area contributed by atoms with Crippen LogP contribution in [0, 0.1) is 19.7 Å². The Balaban J connectivity index is 1.59. The highest BCUT2D eigenvalue weighted by Crippen LogP contribution is 2.21. The van der Waals surface area contributed by atoms with Crippen LogP contribution >= 0.6 is 0 Å². The molecule has 0 bridgehead atoms. The monoisotopic (exact) mass is 389 g/mol. The smallest absolute Gasteiger partial charge is 0.265 e. The van der Waals surface area contributed by atoms with Crippen LogP contribution < -0.4 is 10.0 Å². The van der Waals surface area contributed by atoms with Gasteiger partial charge >= 0.3 is 0 Å². The van der Waals surface area contributed by atoms with Crippen molar-refractivity contribution in [3.05, 3.63) is 65.4 Å². The van der Waals surface area contributed by atoms with Gasteiger partial charge in [0.2, 0.25) is 0 Å². The van der Waals surface area contributed by atoms with Crippen molar-refractivity contribution in [2.75, 3.05) is 16.6 Å². The van der Waals surface area contributed by atoms with E-state index in [1.54, 1.807) is 38.1 Å². The van der Waals surface area contributed by atoms with Gasteiger partial charge in [0.05, 0.1) is 23.3 Å². The number of sulfonamides is 1. The molecule has 0 spiro atoms. The number of halogens is 1. The van der Waals surface area contributed by atoms with Gasteiger partial charge in [-0.15, -0.1) is 0 Å². The van der Waals surface area contributed by atoms with Gasteiger partial charge in [-0.05, 0) is 50.1 Å². The summed E-state index contributed by atoms with van der Waals surface area (Å²) in [6.45, 7) is 3.91. The average molecular weight is 389 g/mol. The van der Waals surface area contributed by atoms with Crippen LogP contribution in [0.2, 0.25) is 0 Å². The number of aromatic amines is 1. The normalized spacial score (nSPS) is 11.4. The first-order valence-electron chi connectivity index (χ1n) is 8.34. The van der Waals surface area contributed by atoms with Crippen molar-refractivity contribution in [2.45, 2.75) is 25.2 Å². The van der Waals surface area contributed by atoms with Crippen molar-refractivity contribution in [1.82, 2.24) is 15.2 Å². The van der Waals surface area contributed by atoms with Gasteiger partial charge in [-0.1, -0.05) is 12.1 Å². The Bertz CT molecular complexity index is 995. The number of benzene rings is 1. The second kappa shape index (κ2) is 7.75. The number of anilines is 2. The summed E-state index contributed by atoms with van der Waals surface area (Å²) in [6.07, 6.45) is 2.16. The highest BCUT2D eigenvalue weighted by Gasteiger charge is 2.22. The molecular formula is C18H20FN5O2S. The number of hydrogen-bond donors (Lipinski definition) is 3. The number of rotatable bonds is 7. The lowest BCUT2D eigenvalue weighted by Crippen LogP contribution is -2.15. The zero-order valence-corrected chi connectivity index (χ0v) is 15.8. The van der Waals surface area contributed by atoms with Crippen molar-refractivity contribution in [2.24, 2.45) is 0 Å². The first-order chi connectivity index (χ1) is 12.8. The molecule has 2 heterocycles. The molecule has 3 N–H and O–H groups in total. The van der Waals surface area contributed by atoms with E-state index in [4.69, 9.17) is 0 Å². The van der Waals surface area contributed by atoms with Gasteiger partial charge in [-0.25, -0.2) is 17.8 Å². The number of aryl methyl sites for hydroxylation is 2. The number of pyridine rings is 1. The lowest BCUT2D eigenvalue weighted by Gasteiger charge is -2.09. The van der Waals surface area contributed by atoms with Crippen molar-refractivity contribution in [3.63, 3.8) is 0 Å². The van der Waals surface area contributed by atoms with Crippen molar-refractivity contribution >= 4 is 21.5 Å². The van der Waals surface area contributed by atoms with Crippen LogP contribution in [-0.2, 0) is 16.4 Å². The maximum absolute atomic E-state index is 12.9. The summed E-state index contributed by atoms with van der Waals surface area (Å²) in [5.74, 6) is 0.364. The molecule has 3 aromatic rings. The predicted molar refractivity (Wildman–Crippen MR) is 102 cm³/mol. The maximum atomic E-state index is 12.9. The Kier molecular flexibility index (Phi) is 5.41. The van der Waals surface area contributed by atoms with Crippen LogP contribution in [-0.4, -0.2) is 30.1 Å². The van der Waals surface area contributed by atoms with E-state index in [1.807, 2.05) is 0 Å². The topological polar surface area (TPSA) is 99.8 Å². The van der Waals surface area contributed by atoms with Gasteiger partial charge in [0.25, 0.3) is 10.0 Å². The fourth-order valence-electron chi connectivity index (χ4n) is 2.69. The zero-order chi connectivity index (χ0) is 19.4. The third-order valence-electron chi connectivity index (χ3n) is 3.98. The molecule has 1 aromatic carbocycles. The number of nitrogens with zero attached hydrogens (tertiary/aromatic N) is 2. The minimum Gasteiger partial charge on any atom is -0.370 e. The largest absolute Gasteiger partial charge is 0.370 e. The van der Waals surface area contributed by atoms with E-state index >= 15 is 0 Å². The van der Waals surface area contributed by atoms with Gasteiger partial charge < -0.3 is 5.32 Å². The van der Waals surface area contributed by atoms with E-state index in [0.717, 1.165) is 12.0 Å². The lowest BCUT2D eigenvalue weighted by molar-refractivity contribution is 0.600. The molecule has 142 valence electrons. The summed E-state index contributed by atoms with van der Waals surface area (Å²) in [5.41, 5.74) is 2.26. The summed E-state index contributed by atoms with van der Waals surface area (Å²) in [4.78, 5) is 4.36. The van der Waals surface area contributed by atoms with Gasteiger partial charge in [-0.2, -0.15) is 5.10 Å². The molecule has 9 heteroatoms. The minimum absolute atomic E-state index is 0.143. The molecule has 0 aliphatic rings. The van der Waals surface area contributed by atoms with Crippen LogP contribution in [0.4, 0.5) is 15.9 Å². The van der Waals surface area contributed by atoms with Crippen molar-refractivity contribution in [3.8, 4) is 0 Å². The molecule has 0 atom stereocenters. The lowest BCUT2D eigenvalue weighted by atomic mass is 10.1. The van der Waals surface area contributed by atoms with E-state index in [-0.39, 0.29) is 10.7 Å². The Morgan fingerprint density at radius 2 is 1.85 bits per heavy atom. The molecule has 0 unspecified atom stereocenters. The van der Waals surface area contributed by atoms with Gasteiger partial charge in [-0.3, -0.25) is 9.82 Å². The van der Waals surface area contributed by atoms with Crippen LogP contribution in [0.5, 0.6) is 0 Å². The third-order valence-corrected chi connectivity index (χ3v) is 5.62. The van der Waals surface area contributed by atoms with Crippen LogP contribution in [0.15, 0.2) is 47.5 Å². The molecule has 0 fully saturated rings. The number of nitrogens with one attached hydrogen (secondary N) is 3. The van der Waals surface area contributed by atoms with Gasteiger partial charge in [0.1, 0.15) is 16.5 Å². The first-order valence-corrected chi connectivity index (χ1v) is 9.82. The van der Waals surface area contributed by atoms with E-state index in [9.17, 15) is 12.8 Å². The van der Waals surface area contributed by atoms with E-state index in [1.165, 1.54) is 18.3 Å². The molecule has 0 saturated carbocycles. The third kappa shape index (κ3) is 4.62. The summed E-state index contributed by atoms with van der Waals surface area (Å²) in [5, 5.41) is 9.72. The summed E-state index contributed by atoms with van der Waals surface area (Å²) in [6, 6.07) is 9.66. The molecular weight excluding hydrogens is 369 g/mol. The minimum atomic E-state index is -3.74. The first kappa shape index (κ1) is 18.8. The zero-order valence-electron chi connectivity index (χ0n) is 15.0. The molecule has 0 amide bonds. The Morgan fingerprint density at radius 1 is 1.11 bits per heavy atom. The van der Waals surface area contributed by atoms with Crippen molar-refractivity contribution in [1.29, 1.82) is 0 Å². The molecule has 0 aliphatic heterocycles. The fourth-order valence-corrected chi connectivity index (χ4v) is 4.10. The van der Waals surface area contributed by atoms with Gasteiger partial charge in [0.15, 0.2) is 0 Å². The second-order valence-electron chi connectivity index (χ2n) is 6.10. The summed E-state index contributed by atoms with van der Waals surface area (Å²) in [7, 11) is -3.74. The molecule has 2 aromatic heterocycles. The number of aromatic nitrogens is 3. The number of hydrogen-bond acceptors (Lipinski definition) is 5. The average Bonchev–Trinajstić information content (AvgIpc) is 2.97. The Hall–Kier alpha value is -2.94. The van der Waals surface area contributed by atoms with E-state index in [0.29, 0.717) is 29.4 Å². The predicted octanol–water partition coefficient (Wildman–Crippen LogP) is 3.02. The van der Waals surface area contributed by atoms with E-state index < -0.39 is 10.0 Å². The molecule has 0 radical (unpaired) electrons. The highest BCUT2D eigenvalue weighted by atomic mass is 32.2. The van der Waals surface area contributed by atoms with E-state index in [2.05, 4.69) is 25.2 Å². The highest BCUT2D eigenvalue weighted by molar-refractivity contribution is 7.92. The fraction of sp³-hybridized carbons (Fsp3) is 0.222. The number of H-pyrrole nitrogens is 1. The molecule has 0 aliphatic carbocycles. The van der Waals surface area contributed by atoms with Gasteiger partial charge in [0, 0.05) is 6.54 Å². The molecule has 7 nitrogen and oxygen atoms in total. The molecule has 3 rings (SSSR count). The van der Waals surface area contributed by atoms with Crippen LogP contribution in [0.3, 0.4) is 0 Å². The second-order valence-corrected chi connectivity index (χ2v) is 7.72. The van der Waals surface area contributed by atoms with Crippen molar-refractivity contribution < 1.29 is 12.8 Å². The quantitative estimate of drug-likeness (QED) is 0.577. The Labute approximate surface area is 157 Å². The van der Waals surface area contributed by atoms with Crippen LogP contribution in [0.1, 0.15) is 17.0 Å². The van der Waals surface area contributed by atoms with Crippen LogP contribution in [0.25, 0.3) is 0 Å². The summed E-state index contributed by atoms with van der Waals surface area (Å²) < 4.78 is 40.4.